The Morgan fingerprint density at radius 2 is 1.70 bits per heavy atom. The van der Waals surface area contributed by atoms with Gasteiger partial charge in [0.1, 0.15) is 11.5 Å². The number of ether oxygens (including phenoxy) is 2. The van der Waals surface area contributed by atoms with Gasteiger partial charge in [0.2, 0.25) is 0 Å². The van der Waals surface area contributed by atoms with Gasteiger partial charge in [-0.3, -0.25) is 9.58 Å². The molecule has 4 rings (SSSR count). The Morgan fingerprint density at radius 1 is 0.926 bits per heavy atom. The number of nitrogens with zero attached hydrogens (tertiary/aromatic N) is 3. The van der Waals surface area contributed by atoms with Crippen LogP contribution in [0.5, 0.6) is 11.5 Å². The highest BCUT2D eigenvalue weighted by Crippen LogP contribution is 2.26. The molecule has 1 aromatic heterocycles. The first-order valence-electron chi connectivity index (χ1n) is 9.31. The van der Waals surface area contributed by atoms with E-state index in [4.69, 9.17) is 14.6 Å². The third-order valence-electron chi connectivity index (χ3n) is 5.00. The minimum absolute atomic E-state index is 0.857. The summed E-state index contributed by atoms with van der Waals surface area (Å²) < 4.78 is 12.9. The summed E-state index contributed by atoms with van der Waals surface area (Å²) >= 11 is 0. The maximum Gasteiger partial charge on any atom is 0.119 e. The van der Waals surface area contributed by atoms with E-state index in [1.807, 2.05) is 24.3 Å². The van der Waals surface area contributed by atoms with Crippen molar-refractivity contribution in [2.45, 2.75) is 26.1 Å². The van der Waals surface area contributed by atoms with Crippen molar-refractivity contribution in [2.75, 3.05) is 20.8 Å². The summed E-state index contributed by atoms with van der Waals surface area (Å²) in [5, 5.41) is 4.84. The molecule has 0 spiro atoms. The van der Waals surface area contributed by atoms with Crippen LogP contribution in [-0.2, 0) is 19.6 Å². The van der Waals surface area contributed by atoms with Crippen molar-refractivity contribution in [1.82, 2.24) is 14.7 Å². The second kappa shape index (κ2) is 7.84. The van der Waals surface area contributed by atoms with Crippen LogP contribution in [0.2, 0.25) is 0 Å². The topological polar surface area (TPSA) is 39.5 Å². The maximum absolute atomic E-state index is 5.35. The lowest BCUT2D eigenvalue weighted by Gasteiger charge is -2.19. The number of aryl methyl sites for hydroxylation is 1. The molecule has 2 heterocycles. The van der Waals surface area contributed by atoms with Gasteiger partial charge >= 0.3 is 0 Å². The van der Waals surface area contributed by atoms with Gasteiger partial charge < -0.3 is 9.47 Å². The lowest BCUT2D eigenvalue weighted by atomic mass is 10.1. The summed E-state index contributed by atoms with van der Waals surface area (Å²) in [5.74, 6) is 1.77. The van der Waals surface area contributed by atoms with Gasteiger partial charge in [0, 0.05) is 31.7 Å². The van der Waals surface area contributed by atoms with Crippen molar-refractivity contribution < 1.29 is 9.47 Å². The molecule has 0 atom stereocenters. The van der Waals surface area contributed by atoms with E-state index in [-0.39, 0.29) is 0 Å². The number of benzene rings is 2. The Kier molecular flexibility index (Phi) is 5.12. The number of hydrogen-bond donors (Lipinski definition) is 0. The summed E-state index contributed by atoms with van der Waals surface area (Å²) in [6, 6.07) is 18.6. The molecule has 0 saturated heterocycles. The van der Waals surface area contributed by atoms with Gasteiger partial charge in [0.25, 0.3) is 0 Å². The molecule has 0 aliphatic carbocycles. The fourth-order valence-corrected chi connectivity index (χ4v) is 3.62. The smallest absolute Gasteiger partial charge is 0.119 e. The molecular formula is C22H25N3O2. The lowest BCUT2D eigenvalue weighted by molar-refractivity contribution is 0.260. The largest absolute Gasteiger partial charge is 0.497 e. The molecule has 0 amide bonds. The van der Waals surface area contributed by atoms with Gasteiger partial charge in [-0.1, -0.05) is 24.3 Å². The molecule has 0 fully saturated rings. The first-order chi connectivity index (χ1) is 13.2. The molecule has 1 aliphatic rings. The van der Waals surface area contributed by atoms with Crippen LogP contribution in [0.3, 0.4) is 0 Å². The standard InChI is InChI=1S/C22H25N3O2/c1-26-20-8-3-6-17(12-20)15-24-10-5-11-25-19(16-24)14-22(23-25)18-7-4-9-21(13-18)27-2/h3-4,6-9,12-14H,5,10-11,15-16H2,1-2H3. The normalized spacial score (nSPS) is 14.4. The second-order valence-corrected chi connectivity index (χ2v) is 6.89. The zero-order valence-corrected chi connectivity index (χ0v) is 15.9. The van der Waals surface area contributed by atoms with Crippen molar-refractivity contribution in [3.63, 3.8) is 0 Å². The minimum Gasteiger partial charge on any atom is -0.497 e. The number of hydrogen-bond acceptors (Lipinski definition) is 4. The summed E-state index contributed by atoms with van der Waals surface area (Å²) in [6.07, 6.45) is 1.09. The van der Waals surface area contributed by atoms with Crippen LogP contribution in [0.15, 0.2) is 54.6 Å². The molecule has 1 aliphatic heterocycles. The fraction of sp³-hybridized carbons (Fsp3) is 0.318. The van der Waals surface area contributed by atoms with Crippen molar-refractivity contribution >= 4 is 0 Å². The van der Waals surface area contributed by atoms with Crippen LogP contribution in [0.4, 0.5) is 0 Å². The highest BCUT2D eigenvalue weighted by molar-refractivity contribution is 5.61. The molecule has 0 unspecified atom stereocenters. The predicted octanol–water partition coefficient (Wildman–Crippen LogP) is 3.97. The quantitative estimate of drug-likeness (QED) is 0.688. The van der Waals surface area contributed by atoms with Crippen molar-refractivity contribution in [3.8, 4) is 22.8 Å². The predicted molar refractivity (Wildman–Crippen MR) is 106 cm³/mol. The average Bonchev–Trinajstić information content (AvgIpc) is 3.01. The van der Waals surface area contributed by atoms with Crippen LogP contribution in [-0.4, -0.2) is 35.4 Å². The molecule has 5 nitrogen and oxygen atoms in total. The molecule has 0 N–H and O–H groups in total. The maximum atomic E-state index is 5.35. The van der Waals surface area contributed by atoms with E-state index in [1.165, 1.54) is 11.3 Å². The van der Waals surface area contributed by atoms with Gasteiger partial charge in [-0.15, -0.1) is 0 Å². The molecule has 3 aromatic rings. The Balaban J connectivity index is 1.54. The molecule has 27 heavy (non-hydrogen) atoms. The van der Waals surface area contributed by atoms with E-state index < -0.39 is 0 Å². The molecule has 0 saturated carbocycles. The minimum atomic E-state index is 0.857. The zero-order chi connectivity index (χ0) is 18.6. The monoisotopic (exact) mass is 363 g/mol. The molecule has 0 bridgehead atoms. The van der Waals surface area contributed by atoms with Gasteiger partial charge in [-0.05, 0) is 42.3 Å². The molecular weight excluding hydrogens is 338 g/mol. The van der Waals surface area contributed by atoms with Crippen molar-refractivity contribution in [3.05, 3.63) is 65.9 Å². The van der Waals surface area contributed by atoms with E-state index in [2.05, 4.69) is 39.9 Å². The average molecular weight is 363 g/mol. The van der Waals surface area contributed by atoms with Crippen LogP contribution < -0.4 is 9.47 Å². The van der Waals surface area contributed by atoms with Gasteiger partial charge in [-0.2, -0.15) is 5.10 Å². The zero-order valence-electron chi connectivity index (χ0n) is 15.9. The number of rotatable bonds is 5. The third-order valence-corrected chi connectivity index (χ3v) is 5.00. The van der Waals surface area contributed by atoms with Crippen LogP contribution in [0.25, 0.3) is 11.3 Å². The van der Waals surface area contributed by atoms with E-state index >= 15 is 0 Å². The lowest BCUT2D eigenvalue weighted by Crippen LogP contribution is -2.22. The Labute approximate surface area is 160 Å². The summed E-state index contributed by atoms with van der Waals surface area (Å²) in [6.45, 7) is 3.83. The van der Waals surface area contributed by atoms with E-state index in [9.17, 15) is 0 Å². The van der Waals surface area contributed by atoms with E-state index in [0.717, 1.165) is 55.4 Å². The van der Waals surface area contributed by atoms with E-state index in [0.29, 0.717) is 0 Å². The van der Waals surface area contributed by atoms with Crippen LogP contribution in [0.1, 0.15) is 17.7 Å². The van der Waals surface area contributed by atoms with E-state index in [1.54, 1.807) is 14.2 Å². The summed E-state index contributed by atoms with van der Waals surface area (Å²) in [7, 11) is 3.40. The second-order valence-electron chi connectivity index (χ2n) is 6.89. The third kappa shape index (κ3) is 3.98. The summed E-state index contributed by atoms with van der Waals surface area (Å²) in [4.78, 5) is 2.48. The molecule has 140 valence electrons. The Morgan fingerprint density at radius 3 is 2.52 bits per heavy atom. The number of aromatic nitrogens is 2. The first kappa shape index (κ1) is 17.6. The Hall–Kier alpha value is -2.79. The number of methoxy groups -OCH3 is 2. The summed E-state index contributed by atoms with van der Waals surface area (Å²) in [5.41, 5.74) is 4.63. The Bertz CT molecular complexity index is 919. The SMILES string of the molecule is COc1cccc(CN2CCCn3nc(-c4cccc(OC)c4)cc3C2)c1. The van der Waals surface area contributed by atoms with Crippen LogP contribution >= 0.6 is 0 Å². The van der Waals surface area contributed by atoms with Crippen molar-refractivity contribution in [2.24, 2.45) is 0 Å². The fourth-order valence-electron chi connectivity index (χ4n) is 3.62. The number of fused-ring (bicyclic) bond motifs is 1. The highest BCUT2D eigenvalue weighted by Gasteiger charge is 2.18. The van der Waals surface area contributed by atoms with Crippen LogP contribution in [0, 0.1) is 0 Å². The molecule has 0 radical (unpaired) electrons. The highest BCUT2D eigenvalue weighted by atomic mass is 16.5. The molecule has 2 aromatic carbocycles. The van der Waals surface area contributed by atoms with Gasteiger partial charge in [0.15, 0.2) is 0 Å². The van der Waals surface area contributed by atoms with Gasteiger partial charge in [-0.25, -0.2) is 0 Å². The first-order valence-corrected chi connectivity index (χ1v) is 9.31. The molecule has 5 heteroatoms. The van der Waals surface area contributed by atoms with Gasteiger partial charge in [0.05, 0.1) is 25.6 Å². The van der Waals surface area contributed by atoms with Crippen molar-refractivity contribution in [1.29, 1.82) is 0 Å².